The van der Waals surface area contributed by atoms with Crippen molar-refractivity contribution in [2.75, 3.05) is 34.5 Å². The molecule has 0 unspecified atom stereocenters. The van der Waals surface area contributed by atoms with E-state index >= 15 is 0 Å². The molecule has 1 heterocycles. The molecule has 0 amide bonds. The second-order valence-electron chi connectivity index (χ2n) is 7.34. The van der Waals surface area contributed by atoms with Gasteiger partial charge in [-0.2, -0.15) is 0 Å². The summed E-state index contributed by atoms with van der Waals surface area (Å²) in [6.45, 7) is 4.62. The van der Waals surface area contributed by atoms with Gasteiger partial charge in [0.25, 0.3) is 0 Å². The zero-order chi connectivity index (χ0) is 22.1. The summed E-state index contributed by atoms with van der Waals surface area (Å²) >= 11 is 0. The molecule has 0 saturated heterocycles. The minimum atomic E-state index is 0. The molecule has 1 fully saturated rings. The Labute approximate surface area is 207 Å². The Morgan fingerprint density at radius 2 is 1.75 bits per heavy atom. The van der Waals surface area contributed by atoms with E-state index in [9.17, 15) is 0 Å². The van der Waals surface area contributed by atoms with Gasteiger partial charge in [0.05, 0.1) is 34.5 Å². The lowest BCUT2D eigenvalue weighted by molar-refractivity contribution is 0.288. The Balaban J connectivity index is 0.00000363. The van der Waals surface area contributed by atoms with Crippen LogP contribution in [0.4, 0.5) is 0 Å². The van der Waals surface area contributed by atoms with Gasteiger partial charge in [-0.1, -0.05) is 6.07 Å². The number of aliphatic imine (C=N–C) groups is 1. The largest absolute Gasteiger partial charge is 0.493 e. The summed E-state index contributed by atoms with van der Waals surface area (Å²) in [4.78, 5) is 9.06. The van der Waals surface area contributed by atoms with Crippen LogP contribution in [0, 0.1) is 5.92 Å². The highest BCUT2D eigenvalue weighted by Crippen LogP contribution is 2.38. The van der Waals surface area contributed by atoms with Crippen LogP contribution >= 0.6 is 24.0 Å². The number of aromatic nitrogens is 1. The fourth-order valence-corrected chi connectivity index (χ4v) is 3.01. The number of guanidine groups is 1. The zero-order valence-corrected chi connectivity index (χ0v) is 21.5. The summed E-state index contributed by atoms with van der Waals surface area (Å²) in [5, 5.41) is 6.60. The predicted molar refractivity (Wildman–Crippen MR) is 136 cm³/mol. The summed E-state index contributed by atoms with van der Waals surface area (Å²) in [5.41, 5.74) is 2.00. The average Bonchev–Trinajstić information content (AvgIpc) is 3.64. The van der Waals surface area contributed by atoms with Crippen molar-refractivity contribution in [1.82, 2.24) is 15.6 Å². The molecule has 1 aliphatic rings. The van der Waals surface area contributed by atoms with Crippen molar-refractivity contribution in [3.8, 4) is 23.1 Å². The summed E-state index contributed by atoms with van der Waals surface area (Å²) in [5.74, 6) is 3.90. The Bertz CT molecular complexity index is 848. The molecule has 0 atom stereocenters. The first kappa shape index (κ1) is 25.8. The van der Waals surface area contributed by atoms with Gasteiger partial charge in [0.1, 0.15) is 0 Å². The van der Waals surface area contributed by atoms with E-state index in [1.807, 2.05) is 37.4 Å². The Kier molecular flexibility index (Phi) is 10.6. The number of hydrogen-bond donors (Lipinski definition) is 2. The fourth-order valence-electron chi connectivity index (χ4n) is 3.01. The number of rotatable bonds is 11. The van der Waals surface area contributed by atoms with Crippen molar-refractivity contribution in [1.29, 1.82) is 0 Å². The SMILES string of the molecule is CCNC(=NCc1cc(OC)c(OC)c(OC)c1)NCc1ccc(OCC2CC2)nc1.I. The molecule has 176 valence electrons. The molecule has 1 aromatic heterocycles. The molecular formula is C23H33IN4O4. The molecule has 8 nitrogen and oxygen atoms in total. The predicted octanol–water partition coefficient (Wildman–Crippen LogP) is 3.77. The van der Waals surface area contributed by atoms with Crippen LogP contribution in [0.1, 0.15) is 30.9 Å². The summed E-state index contributed by atoms with van der Waals surface area (Å²) < 4.78 is 21.9. The molecule has 0 aliphatic heterocycles. The minimum absolute atomic E-state index is 0. The quantitative estimate of drug-likeness (QED) is 0.248. The number of pyridine rings is 1. The van der Waals surface area contributed by atoms with Crippen molar-refractivity contribution in [3.05, 3.63) is 41.6 Å². The smallest absolute Gasteiger partial charge is 0.213 e. The van der Waals surface area contributed by atoms with E-state index in [1.165, 1.54) is 12.8 Å². The molecule has 2 aromatic rings. The van der Waals surface area contributed by atoms with Crippen molar-refractivity contribution in [3.63, 3.8) is 0 Å². The molecular weight excluding hydrogens is 523 g/mol. The second-order valence-corrected chi connectivity index (χ2v) is 7.34. The number of methoxy groups -OCH3 is 3. The Morgan fingerprint density at radius 3 is 2.28 bits per heavy atom. The maximum Gasteiger partial charge on any atom is 0.213 e. The maximum absolute atomic E-state index is 5.69. The van der Waals surface area contributed by atoms with Crippen LogP contribution in [-0.2, 0) is 13.1 Å². The van der Waals surface area contributed by atoms with Crippen molar-refractivity contribution < 1.29 is 18.9 Å². The van der Waals surface area contributed by atoms with Crippen LogP contribution in [0.2, 0.25) is 0 Å². The van der Waals surface area contributed by atoms with E-state index in [2.05, 4.69) is 20.6 Å². The number of nitrogens with zero attached hydrogens (tertiary/aromatic N) is 2. The standard InChI is InChI=1S/C23H32N4O4.HI/c1-5-24-23(26-13-17-8-9-21(25-12-17)31-15-16-6-7-16)27-14-18-10-19(28-2)22(30-4)20(11-18)29-3;/h8-12,16H,5-7,13-15H2,1-4H3,(H2,24,26,27);1H. The monoisotopic (exact) mass is 556 g/mol. The molecule has 3 rings (SSSR count). The number of halogens is 1. The van der Waals surface area contributed by atoms with E-state index in [0.717, 1.165) is 24.3 Å². The van der Waals surface area contributed by atoms with Crippen LogP contribution in [0.25, 0.3) is 0 Å². The first-order chi connectivity index (χ1) is 15.2. The van der Waals surface area contributed by atoms with Gasteiger partial charge in [0.2, 0.25) is 11.6 Å². The van der Waals surface area contributed by atoms with Gasteiger partial charge in [0.15, 0.2) is 17.5 Å². The third-order valence-corrected chi connectivity index (χ3v) is 4.91. The van der Waals surface area contributed by atoms with Gasteiger partial charge in [-0.3, -0.25) is 0 Å². The van der Waals surface area contributed by atoms with E-state index in [0.29, 0.717) is 48.1 Å². The lowest BCUT2D eigenvalue weighted by Gasteiger charge is -2.14. The van der Waals surface area contributed by atoms with E-state index in [1.54, 1.807) is 21.3 Å². The summed E-state index contributed by atoms with van der Waals surface area (Å²) in [7, 11) is 4.80. The zero-order valence-electron chi connectivity index (χ0n) is 19.1. The molecule has 1 aliphatic carbocycles. The minimum Gasteiger partial charge on any atom is -0.493 e. The van der Waals surface area contributed by atoms with Gasteiger partial charge >= 0.3 is 0 Å². The highest BCUT2D eigenvalue weighted by atomic mass is 127. The third kappa shape index (κ3) is 7.61. The topological polar surface area (TPSA) is 86.2 Å². The van der Waals surface area contributed by atoms with Gasteiger partial charge in [-0.15, -0.1) is 24.0 Å². The lowest BCUT2D eigenvalue weighted by atomic mass is 10.2. The third-order valence-electron chi connectivity index (χ3n) is 4.91. The van der Waals surface area contributed by atoms with Crippen LogP contribution in [-0.4, -0.2) is 45.4 Å². The number of hydrogen-bond acceptors (Lipinski definition) is 6. The highest BCUT2D eigenvalue weighted by molar-refractivity contribution is 14.0. The molecule has 0 spiro atoms. The molecule has 9 heteroatoms. The van der Waals surface area contributed by atoms with Crippen LogP contribution in [0.3, 0.4) is 0 Å². The van der Waals surface area contributed by atoms with Crippen molar-refractivity contribution >= 4 is 29.9 Å². The van der Waals surface area contributed by atoms with E-state index in [4.69, 9.17) is 18.9 Å². The van der Waals surface area contributed by atoms with Crippen molar-refractivity contribution in [2.24, 2.45) is 10.9 Å². The molecule has 0 bridgehead atoms. The first-order valence-electron chi connectivity index (χ1n) is 10.6. The molecule has 1 saturated carbocycles. The highest BCUT2D eigenvalue weighted by Gasteiger charge is 2.22. The van der Waals surface area contributed by atoms with Crippen LogP contribution in [0.15, 0.2) is 35.5 Å². The number of nitrogens with one attached hydrogen (secondary N) is 2. The first-order valence-corrected chi connectivity index (χ1v) is 10.6. The van der Waals surface area contributed by atoms with Crippen LogP contribution in [0.5, 0.6) is 23.1 Å². The Hall–Kier alpha value is -2.43. The summed E-state index contributed by atoms with van der Waals surface area (Å²) in [6, 6.07) is 7.74. The van der Waals surface area contributed by atoms with Gasteiger partial charge in [0, 0.05) is 25.4 Å². The molecule has 2 N–H and O–H groups in total. The van der Waals surface area contributed by atoms with E-state index < -0.39 is 0 Å². The average molecular weight is 556 g/mol. The Morgan fingerprint density at radius 1 is 1.03 bits per heavy atom. The second kappa shape index (κ2) is 13.2. The van der Waals surface area contributed by atoms with E-state index in [-0.39, 0.29) is 24.0 Å². The number of ether oxygens (including phenoxy) is 4. The van der Waals surface area contributed by atoms with Gasteiger partial charge in [-0.25, -0.2) is 9.98 Å². The van der Waals surface area contributed by atoms with Gasteiger partial charge in [-0.05, 0) is 48.9 Å². The fraction of sp³-hybridized carbons (Fsp3) is 0.478. The normalized spacial score (nSPS) is 13.1. The molecule has 32 heavy (non-hydrogen) atoms. The molecule has 0 radical (unpaired) electrons. The molecule has 1 aromatic carbocycles. The van der Waals surface area contributed by atoms with Crippen molar-refractivity contribution in [2.45, 2.75) is 32.9 Å². The maximum atomic E-state index is 5.69. The number of benzene rings is 1. The lowest BCUT2D eigenvalue weighted by Crippen LogP contribution is -2.36. The summed E-state index contributed by atoms with van der Waals surface area (Å²) in [6.07, 6.45) is 4.37. The van der Waals surface area contributed by atoms with Crippen LogP contribution < -0.4 is 29.6 Å². The van der Waals surface area contributed by atoms with Gasteiger partial charge < -0.3 is 29.6 Å².